The first kappa shape index (κ1) is 51.0. The second kappa shape index (κ2) is 23.2. The van der Waals surface area contributed by atoms with E-state index < -0.39 is 0 Å². The minimum Gasteiger partial charge on any atom is -0.246 e. The average Bonchev–Trinajstić information content (AvgIpc) is 1.18. The highest BCUT2D eigenvalue weighted by Gasteiger charge is 2.26. The van der Waals surface area contributed by atoms with Gasteiger partial charge in [-0.1, -0.05) is 285 Å². The van der Waals surface area contributed by atoms with Crippen molar-refractivity contribution in [1.29, 1.82) is 0 Å². The Hall–Kier alpha value is -11.1. The summed E-state index contributed by atoms with van der Waals surface area (Å²) in [6.07, 6.45) is 0. The monoisotopic (exact) mass is 1070 g/mol. The number of benzene rings is 12. The molecule has 0 spiro atoms. The maximum atomic E-state index is 5.67. The standard InChI is InChI=1S/C81H55N3/c1-9-26-56(27-10-1)68-49-69(57-28-11-2-12-29-57)52-72(51-68)75-55-74(82-81(83-75)73-53-70(58-30-13-3-14-31-58)50-71(54-73)59-32-15-4-16-33-59)67-43-25-42-66(48-67)60-44-46-63(47-45-60)76-77(61-34-17-5-18-35-61)79(64-38-21-7-22-39-64)84-80(65-40-23-8-24-41-65)78(76)62-36-19-6-20-37-62/h1-55H. The molecule has 14 aromatic rings. The fourth-order valence-corrected chi connectivity index (χ4v) is 11.5. The van der Waals surface area contributed by atoms with Gasteiger partial charge in [0.15, 0.2) is 5.82 Å². The molecule has 0 aliphatic carbocycles. The lowest BCUT2D eigenvalue weighted by atomic mass is 9.83. The summed E-state index contributed by atoms with van der Waals surface area (Å²) >= 11 is 0. The highest BCUT2D eigenvalue weighted by Crippen LogP contribution is 2.49. The number of hydrogen-bond donors (Lipinski definition) is 0. The minimum absolute atomic E-state index is 0.643. The Balaban J connectivity index is 0.946. The van der Waals surface area contributed by atoms with E-state index in [0.29, 0.717) is 5.82 Å². The minimum atomic E-state index is 0.643. The molecule has 2 aromatic heterocycles. The fraction of sp³-hybridized carbons (Fsp3) is 0. The molecule has 0 saturated carbocycles. The quantitative estimate of drug-likeness (QED) is 0.115. The van der Waals surface area contributed by atoms with Crippen LogP contribution in [0.25, 0.3) is 145 Å². The van der Waals surface area contributed by atoms with E-state index in [1.54, 1.807) is 0 Å². The Morgan fingerprint density at radius 2 is 0.405 bits per heavy atom. The zero-order chi connectivity index (χ0) is 56.0. The third-order valence-corrected chi connectivity index (χ3v) is 15.7. The second-order valence-corrected chi connectivity index (χ2v) is 21.1. The lowest BCUT2D eigenvalue weighted by Crippen LogP contribution is -2.01. The van der Waals surface area contributed by atoms with Crippen molar-refractivity contribution in [2.45, 2.75) is 0 Å². The van der Waals surface area contributed by atoms with Gasteiger partial charge in [0.1, 0.15) is 0 Å². The molecule has 3 nitrogen and oxygen atoms in total. The van der Waals surface area contributed by atoms with Gasteiger partial charge in [-0.3, -0.25) is 0 Å². The van der Waals surface area contributed by atoms with Crippen LogP contribution in [0.3, 0.4) is 0 Å². The van der Waals surface area contributed by atoms with Gasteiger partial charge in [-0.25, -0.2) is 15.0 Å². The summed E-state index contributed by atoms with van der Waals surface area (Å²) in [6.45, 7) is 0. The molecule has 0 amide bonds. The summed E-state index contributed by atoms with van der Waals surface area (Å²) in [5, 5.41) is 0. The van der Waals surface area contributed by atoms with Gasteiger partial charge in [-0.15, -0.1) is 0 Å². The molecular formula is C81H55N3. The van der Waals surface area contributed by atoms with Gasteiger partial charge in [0.05, 0.1) is 22.8 Å². The van der Waals surface area contributed by atoms with Crippen molar-refractivity contribution in [2.75, 3.05) is 0 Å². The molecule has 3 heteroatoms. The van der Waals surface area contributed by atoms with Crippen molar-refractivity contribution >= 4 is 0 Å². The molecule has 14 rings (SSSR count). The zero-order valence-corrected chi connectivity index (χ0v) is 46.1. The smallest absolute Gasteiger partial charge is 0.160 e. The molecule has 0 aliphatic rings. The van der Waals surface area contributed by atoms with E-state index in [9.17, 15) is 0 Å². The van der Waals surface area contributed by atoms with Crippen molar-refractivity contribution < 1.29 is 0 Å². The number of hydrogen-bond acceptors (Lipinski definition) is 3. The highest BCUT2D eigenvalue weighted by molar-refractivity contribution is 6.05. The van der Waals surface area contributed by atoms with E-state index >= 15 is 0 Å². The highest BCUT2D eigenvalue weighted by atomic mass is 14.9. The van der Waals surface area contributed by atoms with Crippen LogP contribution in [0.5, 0.6) is 0 Å². The van der Waals surface area contributed by atoms with Crippen molar-refractivity contribution in [3.8, 4) is 145 Å². The van der Waals surface area contributed by atoms with Gasteiger partial charge >= 0.3 is 0 Å². The van der Waals surface area contributed by atoms with Crippen LogP contribution >= 0.6 is 0 Å². The molecule has 0 saturated heterocycles. The summed E-state index contributed by atoms with van der Waals surface area (Å²) in [5.74, 6) is 0.643. The van der Waals surface area contributed by atoms with Crippen LogP contribution in [0.4, 0.5) is 0 Å². The van der Waals surface area contributed by atoms with Gasteiger partial charge in [-0.05, 0) is 121 Å². The molecule has 0 radical (unpaired) electrons. The first-order valence-electron chi connectivity index (χ1n) is 28.6. The lowest BCUT2D eigenvalue weighted by molar-refractivity contribution is 1.18. The SMILES string of the molecule is c1ccc(-c2cc(-c3ccccc3)cc(-c3cc(-c4cccc(-c5ccc(-c6c(-c7ccccc7)c(-c7ccccc7)nc(-c7ccccc7)c6-c6ccccc6)cc5)c4)nc(-c4cc(-c5ccccc5)cc(-c5ccccc5)c4)n3)c2)cc1. The van der Waals surface area contributed by atoms with Crippen LogP contribution in [-0.2, 0) is 0 Å². The summed E-state index contributed by atoms with van der Waals surface area (Å²) in [4.78, 5) is 16.8. The van der Waals surface area contributed by atoms with Crippen molar-refractivity contribution in [2.24, 2.45) is 0 Å². The van der Waals surface area contributed by atoms with E-state index in [4.69, 9.17) is 15.0 Å². The van der Waals surface area contributed by atoms with E-state index in [1.807, 2.05) is 0 Å². The Bertz CT molecular complexity index is 4210. The van der Waals surface area contributed by atoms with E-state index in [-0.39, 0.29) is 0 Å². The summed E-state index contributed by atoms with van der Waals surface area (Å²) < 4.78 is 0. The molecule has 0 unspecified atom stereocenters. The largest absolute Gasteiger partial charge is 0.246 e. The van der Waals surface area contributed by atoms with Gasteiger partial charge in [0.25, 0.3) is 0 Å². The summed E-state index contributed by atoms with van der Waals surface area (Å²) in [7, 11) is 0. The number of nitrogens with zero attached hydrogens (tertiary/aromatic N) is 3. The van der Waals surface area contributed by atoms with Crippen molar-refractivity contribution in [1.82, 2.24) is 15.0 Å². The molecule has 12 aromatic carbocycles. The predicted octanol–water partition coefficient (Wildman–Crippen LogP) is 21.5. The van der Waals surface area contributed by atoms with Crippen molar-refractivity contribution in [3.63, 3.8) is 0 Å². The number of pyridine rings is 1. The van der Waals surface area contributed by atoms with E-state index in [0.717, 1.165) is 140 Å². The van der Waals surface area contributed by atoms with Crippen LogP contribution in [0.2, 0.25) is 0 Å². The molecular weight excluding hydrogens is 1010 g/mol. The molecule has 0 fully saturated rings. The van der Waals surface area contributed by atoms with Gasteiger partial charge in [-0.2, -0.15) is 0 Å². The molecule has 394 valence electrons. The van der Waals surface area contributed by atoms with Crippen LogP contribution in [0.15, 0.2) is 334 Å². The Morgan fingerprint density at radius 3 is 0.798 bits per heavy atom. The van der Waals surface area contributed by atoms with Gasteiger partial charge in [0.2, 0.25) is 0 Å². The summed E-state index contributed by atoms with van der Waals surface area (Å²) in [6, 6.07) is 119. The maximum Gasteiger partial charge on any atom is 0.160 e. The number of aromatic nitrogens is 3. The fourth-order valence-electron chi connectivity index (χ4n) is 11.5. The topological polar surface area (TPSA) is 38.7 Å². The van der Waals surface area contributed by atoms with Gasteiger partial charge < -0.3 is 0 Å². The predicted molar refractivity (Wildman–Crippen MR) is 350 cm³/mol. The Morgan fingerprint density at radius 1 is 0.143 bits per heavy atom. The molecule has 84 heavy (non-hydrogen) atoms. The summed E-state index contributed by atoms with van der Waals surface area (Å²) in [5.41, 5.74) is 26.2. The third-order valence-electron chi connectivity index (χ3n) is 15.7. The molecule has 0 atom stereocenters. The normalized spacial score (nSPS) is 11.1. The van der Waals surface area contributed by atoms with E-state index in [2.05, 4.69) is 334 Å². The lowest BCUT2D eigenvalue weighted by Gasteiger charge is -2.23. The second-order valence-electron chi connectivity index (χ2n) is 21.1. The first-order valence-corrected chi connectivity index (χ1v) is 28.6. The van der Waals surface area contributed by atoms with Crippen LogP contribution in [0.1, 0.15) is 0 Å². The average molecular weight is 1070 g/mol. The maximum absolute atomic E-state index is 5.67. The van der Waals surface area contributed by atoms with Crippen LogP contribution in [-0.4, -0.2) is 15.0 Å². The van der Waals surface area contributed by atoms with Gasteiger partial charge in [0, 0.05) is 44.5 Å². The molecule has 2 heterocycles. The number of rotatable bonds is 13. The third kappa shape index (κ3) is 10.6. The van der Waals surface area contributed by atoms with E-state index in [1.165, 1.54) is 0 Å². The Labute approximate surface area is 491 Å². The van der Waals surface area contributed by atoms with Crippen LogP contribution < -0.4 is 0 Å². The zero-order valence-electron chi connectivity index (χ0n) is 46.1. The first-order chi connectivity index (χ1) is 41.6. The molecule has 0 aliphatic heterocycles. The molecule has 0 N–H and O–H groups in total. The molecule has 0 bridgehead atoms. The Kier molecular flexibility index (Phi) is 14.1. The van der Waals surface area contributed by atoms with Crippen molar-refractivity contribution in [3.05, 3.63) is 334 Å². The van der Waals surface area contributed by atoms with Crippen LogP contribution in [0, 0.1) is 0 Å².